The molecular formula is C49H73Cl3N2O4. The number of carbonyl (C=O) groups excluding carboxylic acids is 1. The number of fused-ring (bicyclic) bond motifs is 7. The van der Waals surface area contributed by atoms with Gasteiger partial charge >= 0.3 is 5.97 Å². The van der Waals surface area contributed by atoms with Crippen LogP contribution >= 0.6 is 36.4 Å². The van der Waals surface area contributed by atoms with Crippen molar-refractivity contribution in [2.24, 2.45) is 56.7 Å². The molecular weight excluding hydrogens is 787 g/mol. The van der Waals surface area contributed by atoms with Gasteiger partial charge in [0.15, 0.2) is 5.78 Å². The number of aliphatic hydroxyl groups is 1. The van der Waals surface area contributed by atoms with Crippen molar-refractivity contribution in [3.05, 3.63) is 69.3 Å². The molecule has 0 spiro atoms. The minimum absolute atomic E-state index is 0. The van der Waals surface area contributed by atoms with E-state index in [-0.39, 0.29) is 64.1 Å². The number of aliphatic carboxylic acids is 1. The van der Waals surface area contributed by atoms with Crippen LogP contribution in [0, 0.1) is 56.7 Å². The molecule has 0 bridgehead atoms. The van der Waals surface area contributed by atoms with Crippen LogP contribution in [0.25, 0.3) is 0 Å². The molecule has 324 valence electrons. The fourth-order valence-corrected chi connectivity index (χ4v) is 14.5. The van der Waals surface area contributed by atoms with Crippen LogP contribution in [0.3, 0.4) is 0 Å². The Bertz CT molecular complexity index is 1800. The lowest BCUT2D eigenvalue weighted by Gasteiger charge is -2.71. The molecule has 58 heavy (non-hydrogen) atoms. The zero-order chi connectivity index (χ0) is 40.6. The van der Waals surface area contributed by atoms with E-state index < -0.39 is 17.5 Å². The number of halogens is 3. The lowest BCUT2D eigenvalue weighted by molar-refractivity contribution is -0.202. The fourth-order valence-electron chi connectivity index (χ4n) is 14.4. The predicted octanol–water partition coefficient (Wildman–Crippen LogP) is 11.2. The van der Waals surface area contributed by atoms with Gasteiger partial charge in [-0.3, -0.25) is 14.5 Å². The maximum atomic E-state index is 14.3. The first-order chi connectivity index (χ1) is 26.3. The summed E-state index contributed by atoms with van der Waals surface area (Å²) in [6, 6.07) is 8.07. The van der Waals surface area contributed by atoms with Crippen LogP contribution in [0.2, 0.25) is 5.02 Å². The summed E-state index contributed by atoms with van der Waals surface area (Å²) in [6.07, 6.45) is 14.5. The summed E-state index contributed by atoms with van der Waals surface area (Å²) in [5, 5.41) is 23.1. The van der Waals surface area contributed by atoms with Crippen molar-refractivity contribution in [2.45, 2.75) is 132 Å². The van der Waals surface area contributed by atoms with E-state index in [0.29, 0.717) is 37.1 Å². The Morgan fingerprint density at radius 2 is 1.59 bits per heavy atom. The van der Waals surface area contributed by atoms with Gasteiger partial charge in [-0.25, -0.2) is 0 Å². The minimum atomic E-state index is -0.663. The van der Waals surface area contributed by atoms with Gasteiger partial charge in [-0.2, -0.15) is 0 Å². The normalized spacial score (nSPS) is 35.9. The molecule has 0 amide bonds. The van der Waals surface area contributed by atoms with E-state index in [1.807, 2.05) is 12.1 Å². The highest BCUT2D eigenvalue weighted by molar-refractivity contribution is 6.30. The van der Waals surface area contributed by atoms with Crippen molar-refractivity contribution >= 4 is 48.2 Å². The monoisotopic (exact) mass is 858 g/mol. The van der Waals surface area contributed by atoms with E-state index in [2.05, 4.69) is 96.6 Å². The van der Waals surface area contributed by atoms with Gasteiger partial charge in [0, 0.05) is 43.0 Å². The van der Waals surface area contributed by atoms with E-state index >= 15 is 0 Å². The number of rotatable bonds is 11. The third kappa shape index (κ3) is 7.74. The Kier molecular flexibility index (Phi) is 14.1. The van der Waals surface area contributed by atoms with E-state index in [1.54, 1.807) is 0 Å². The number of nitrogens with zero attached hydrogens (tertiary/aromatic N) is 2. The topological polar surface area (TPSA) is 81.1 Å². The van der Waals surface area contributed by atoms with Gasteiger partial charge in [-0.05, 0) is 158 Å². The zero-order valence-corrected chi connectivity index (χ0v) is 39.2. The predicted molar refractivity (Wildman–Crippen MR) is 242 cm³/mol. The molecule has 9 heteroatoms. The van der Waals surface area contributed by atoms with Gasteiger partial charge in [0.05, 0.1) is 12.0 Å². The molecule has 1 unspecified atom stereocenters. The molecule has 0 aliphatic heterocycles. The second-order valence-electron chi connectivity index (χ2n) is 21.1. The molecule has 1 aromatic rings. The first kappa shape index (κ1) is 47.4. The molecule has 0 saturated heterocycles. The standard InChI is InChI=1S/C49H71ClN2O4.2ClH/c1-31(2)42-38(53)28-49(41(54)30-52(27-26-51(8)9)29-32-10-16-35(50)17-11-32)25-24-47(6)37(43(42)49)18-19-40-46(5)22-20-36(33-12-14-34(15-13-33)44(55)56)45(3,4)39(46)21-23-48(40,47)7;;/h10-12,16-17,20,31,34,37,39-41,54H,13-15,18-19,21-30H2,1-9H3,(H,55,56);2*1H/t34?,37-,39+,40-,41+,46+,47-,48-,49+;;/m1../s1. The second kappa shape index (κ2) is 17.2. The number of ketones is 1. The molecule has 3 saturated carbocycles. The Morgan fingerprint density at radius 1 is 0.897 bits per heavy atom. The molecule has 7 rings (SSSR count). The molecule has 1 aromatic carbocycles. The summed E-state index contributed by atoms with van der Waals surface area (Å²) in [7, 11) is 4.20. The van der Waals surface area contributed by atoms with Crippen molar-refractivity contribution in [1.29, 1.82) is 0 Å². The maximum absolute atomic E-state index is 14.3. The van der Waals surface area contributed by atoms with E-state index in [1.165, 1.54) is 35.1 Å². The largest absolute Gasteiger partial charge is 0.481 e. The third-order valence-electron chi connectivity index (χ3n) is 17.4. The fraction of sp³-hybridized carbons (Fsp3) is 0.714. The van der Waals surface area contributed by atoms with E-state index in [0.717, 1.165) is 75.2 Å². The van der Waals surface area contributed by atoms with Crippen molar-refractivity contribution in [3.8, 4) is 0 Å². The van der Waals surface area contributed by atoms with Gasteiger partial charge in [0.25, 0.3) is 0 Å². The molecule has 0 aromatic heterocycles. The lowest BCUT2D eigenvalue weighted by atomic mass is 9.33. The van der Waals surface area contributed by atoms with E-state index in [9.17, 15) is 19.8 Å². The average molecular weight is 860 g/mol. The highest BCUT2D eigenvalue weighted by Crippen LogP contribution is 2.77. The van der Waals surface area contributed by atoms with Crippen molar-refractivity contribution in [1.82, 2.24) is 9.80 Å². The van der Waals surface area contributed by atoms with Gasteiger partial charge in [-0.15, -0.1) is 24.8 Å². The summed E-state index contributed by atoms with van der Waals surface area (Å²) in [4.78, 5) is 30.7. The molecule has 9 atom stereocenters. The number of allylic oxidation sites excluding steroid dienone is 5. The second-order valence-corrected chi connectivity index (χ2v) is 21.6. The van der Waals surface area contributed by atoms with Crippen molar-refractivity contribution in [2.75, 3.05) is 33.7 Å². The molecule has 6 aliphatic rings. The number of likely N-dealkylation sites (N-methyl/N-ethyl adjacent to an activating group) is 1. The summed E-state index contributed by atoms with van der Waals surface area (Å²) in [5.74, 6) is 0.914. The Balaban J connectivity index is 0.00000320. The number of hydrogen-bond acceptors (Lipinski definition) is 5. The summed E-state index contributed by atoms with van der Waals surface area (Å²) in [5.41, 5.74) is 6.27. The summed E-state index contributed by atoms with van der Waals surface area (Å²) in [6.45, 7) is 20.2. The number of benzene rings is 1. The minimum Gasteiger partial charge on any atom is -0.481 e. The first-order valence-corrected chi connectivity index (χ1v) is 22.4. The summed E-state index contributed by atoms with van der Waals surface area (Å²) >= 11 is 6.25. The van der Waals surface area contributed by atoms with E-state index in [4.69, 9.17) is 11.6 Å². The van der Waals surface area contributed by atoms with Crippen LogP contribution < -0.4 is 0 Å². The number of carboxylic acids is 1. The van der Waals surface area contributed by atoms with Gasteiger partial charge in [0.1, 0.15) is 0 Å². The first-order valence-electron chi connectivity index (χ1n) is 22.0. The van der Waals surface area contributed by atoms with Crippen LogP contribution in [0.5, 0.6) is 0 Å². The Labute approximate surface area is 367 Å². The third-order valence-corrected chi connectivity index (χ3v) is 17.7. The molecule has 2 N–H and O–H groups in total. The van der Waals surface area contributed by atoms with Crippen LogP contribution in [-0.4, -0.2) is 71.6 Å². The molecule has 0 heterocycles. The molecule has 6 nitrogen and oxygen atoms in total. The quantitative estimate of drug-likeness (QED) is 0.231. The number of carbonyl (C=O) groups is 2. The molecule has 3 fully saturated rings. The highest BCUT2D eigenvalue weighted by Gasteiger charge is 2.70. The van der Waals surface area contributed by atoms with Gasteiger partial charge in [-0.1, -0.05) is 89.9 Å². The van der Waals surface area contributed by atoms with Crippen LogP contribution in [-0.2, 0) is 16.1 Å². The number of Topliss-reactive ketones (excluding diaryl/α,β-unsaturated/α-hetero) is 1. The van der Waals surface area contributed by atoms with Crippen LogP contribution in [0.1, 0.15) is 125 Å². The zero-order valence-electron chi connectivity index (χ0n) is 36.8. The lowest BCUT2D eigenvalue weighted by Crippen LogP contribution is -2.65. The highest BCUT2D eigenvalue weighted by atomic mass is 35.5. The summed E-state index contributed by atoms with van der Waals surface area (Å²) < 4.78 is 0. The average Bonchev–Trinajstić information content (AvgIpc) is 3.45. The van der Waals surface area contributed by atoms with Gasteiger partial charge < -0.3 is 15.1 Å². The maximum Gasteiger partial charge on any atom is 0.306 e. The smallest absolute Gasteiger partial charge is 0.306 e. The van der Waals surface area contributed by atoms with Crippen molar-refractivity contribution in [3.63, 3.8) is 0 Å². The van der Waals surface area contributed by atoms with Crippen LogP contribution in [0.15, 0.2) is 58.7 Å². The number of aliphatic hydroxyl groups excluding tert-OH is 1. The SMILES string of the molecule is CC(C)C1=C2[C@H]3CC[C@@H]4[C@@]5(C)CC=C(C6=CCC(C(=O)O)CC6)C(C)(C)[C@@H]5CC[C@@]4(C)[C@]3(C)CC[C@@]2([C@@H](O)CN(CCN(C)C)Cc2ccc(Cl)cc2)CC1=O.Cl.Cl. The molecule has 0 radical (unpaired) electrons. The van der Waals surface area contributed by atoms with Gasteiger partial charge in [0.2, 0.25) is 0 Å². The molecule has 6 aliphatic carbocycles. The van der Waals surface area contributed by atoms with Crippen molar-refractivity contribution < 1.29 is 19.8 Å². The van der Waals surface area contributed by atoms with Crippen LogP contribution in [0.4, 0.5) is 0 Å². The number of carboxylic acid groups (broad SMARTS) is 1. The number of hydrogen-bond donors (Lipinski definition) is 2. The Hall–Kier alpha value is -1.67. The Morgan fingerprint density at radius 3 is 2.19 bits per heavy atom.